The van der Waals surface area contributed by atoms with E-state index in [0.717, 1.165) is 0 Å². The summed E-state index contributed by atoms with van der Waals surface area (Å²) in [6.45, 7) is -0.316. The maximum absolute atomic E-state index is 8.35. The first-order valence-corrected chi connectivity index (χ1v) is 2.56. The van der Waals surface area contributed by atoms with Crippen LogP contribution in [-0.4, -0.2) is 17.3 Å². The van der Waals surface area contributed by atoms with Gasteiger partial charge in [-0.2, -0.15) is 15.6 Å². The predicted octanol–water partition coefficient (Wildman–Crippen LogP) is 0.186. The maximum atomic E-state index is 8.35. The third-order valence-corrected chi connectivity index (χ3v) is 1.03. The van der Waals surface area contributed by atoms with Gasteiger partial charge in [0.05, 0.1) is 0 Å². The summed E-state index contributed by atoms with van der Waals surface area (Å²) in [7, 11) is 0. The fourth-order valence-electron chi connectivity index (χ4n) is 0.405. The van der Waals surface area contributed by atoms with Crippen LogP contribution in [0.1, 0.15) is 6.42 Å². The Hall–Kier alpha value is -1.46. The number of hydrogen-bond acceptors (Lipinski definition) is 5. The Bertz CT molecular complexity index is 185. The molecule has 0 fully saturated rings. The Balaban J connectivity index is 4.39. The van der Waals surface area contributed by atoms with Crippen molar-refractivity contribution in [1.82, 2.24) is 0 Å². The molecule has 0 rings (SSSR count). The Morgan fingerprint density at radius 2 is 2.00 bits per heavy atom. The average Bonchev–Trinajstić information content (AvgIpc) is 2.01. The smallest absolute Gasteiger partial charge is 0.253 e. The number of aliphatic hydroxyl groups is 1. The minimum Gasteiger partial charge on any atom is -0.396 e. The molecule has 0 aromatic heterocycles. The third kappa shape index (κ3) is 1.51. The van der Waals surface area contributed by atoms with E-state index in [0.29, 0.717) is 0 Å². The van der Waals surface area contributed by atoms with Gasteiger partial charge < -0.3 is 5.11 Å². The zero-order chi connectivity index (χ0) is 8.04. The van der Waals surface area contributed by atoms with E-state index in [1.54, 1.807) is 12.1 Å². The van der Waals surface area contributed by atoms with E-state index >= 15 is 0 Å². The lowest BCUT2D eigenvalue weighted by Crippen LogP contribution is -2.22. The molecule has 5 nitrogen and oxygen atoms in total. The van der Waals surface area contributed by atoms with Gasteiger partial charge in [-0.15, -0.1) is 0 Å². The molecule has 0 aromatic rings. The van der Waals surface area contributed by atoms with Crippen molar-refractivity contribution >= 4 is 0 Å². The van der Waals surface area contributed by atoms with E-state index < -0.39 is 5.54 Å². The van der Waals surface area contributed by atoms with Gasteiger partial charge in [-0.3, -0.25) is 0 Å². The van der Waals surface area contributed by atoms with Crippen LogP contribution in [0.15, 0.2) is 5.11 Å². The number of nitriles is 2. The average molecular weight is 138 g/mol. The molecule has 52 valence electrons. The first-order chi connectivity index (χ1) is 4.74. The lowest BCUT2D eigenvalue weighted by Gasteiger charge is -2.06. The van der Waals surface area contributed by atoms with Crippen molar-refractivity contribution in [3.63, 3.8) is 0 Å². The molecule has 0 aliphatic carbocycles. The normalized spacial score (nSPS) is 9.50. The van der Waals surface area contributed by atoms with E-state index in [9.17, 15) is 0 Å². The zero-order valence-electron chi connectivity index (χ0n) is 5.20. The first kappa shape index (κ1) is 8.54. The molecule has 2 N–H and O–H groups in total. The Morgan fingerprint density at radius 3 is 2.10 bits per heavy atom. The lowest BCUT2D eigenvalue weighted by atomic mass is 10.0. The highest BCUT2D eigenvalue weighted by molar-refractivity contribution is 5.20. The van der Waals surface area contributed by atoms with Crippen LogP contribution in [0.2, 0.25) is 0 Å². The van der Waals surface area contributed by atoms with E-state index in [2.05, 4.69) is 5.11 Å². The summed E-state index contributed by atoms with van der Waals surface area (Å²) in [5.41, 5.74) is 4.81. The van der Waals surface area contributed by atoms with Crippen molar-refractivity contribution in [3.8, 4) is 12.1 Å². The molecule has 0 unspecified atom stereocenters. The molecule has 0 saturated carbocycles. The van der Waals surface area contributed by atoms with Crippen LogP contribution in [0, 0.1) is 28.2 Å². The van der Waals surface area contributed by atoms with Gasteiger partial charge in [0.25, 0.3) is 5.54 Å². The van der Waals surface area contributed by atoms with Gasteiger partial charge in [-0.25, -0.2) is 5.53 Å². The number of nitrogens with zero attached hydrogens (tertiary/aromatic N) is 3. The van der Waals surface area contributed by atoms with Crippen molar-refractivity contribution in [2.45, 2.75) is 12.0 Å². The summed E-state index contributed by atoms with van der Waals surface area (Å²) >= 11 is 0. The molecule has 0 bridgehead atoms. The Labute approximate surface area is 58.0 Å². The molecule has 0 aliphatic heterocycles. The maximum Gasteiger partial charge on any atom is 0.253 e. The van der Waals surface area contributed by atoms with E-state index in [1.807, 2.05) is 0 Å². The molecular weight excluding hydrogens is 132 g/mol. The topological polar surface area (TPSA) is 104 Å². The highest BCUT2D eigenvalue weighted by Crippen LogP contribution is 2.11. The van der Waals surface area contributed by atoms with Crippen molar-refractivity contribution in [1.29, 1.82) is 16.1 Å². The number of hydrogen-bond donors (Lipinski definition) is 2. The highest BCUT2D eigenvalue weighted by atomic mass is 16.3. The molecule has 0 heterocycles. The number of aliphatic hydroxyl groups excluding tert-OH is 1. The standard InChI is InChI=1S/C5H6N4O/c6-3-5(4-7,9-8)1-2-10/h8,10H,1-2H2. The minimum absolute atomic E-state index is 0.108. The van der Waals surface area contributed by atoms with Crippen LogP contribution in [0.4, 0.5) is 0 Å². The third-order valence-electron chi connectivity index (χ3n) is 1.03. The van der Waals surface area contributed by atoms with Crippen LogP contribution in [0.25, 0.3) is 0 Å². The van der Waals surface area contributed by atoms with Gasteiger partial charge >= 0.3 is 0 Å². The van der Waals surface area contributed by atoms with E-state index in [1.165, 1.54) is 0 Å². The summed E-state index contributed by atoms with van der Waals surface area (Å²) in [5.74, 6) is 0. The summed E-state index contributed by atoms with van der Waals surface area (Å²) in [5, 5.41) is 27.8. The Morgan fingerprint density at radius 1 is 1.50 bits per heavy atom. The van der Waals surface area contributed by atoms with Gasteiger partial charge in [0, 0.05) is 13.0 Å². The van der Waals surface area contributed by atoms with Crippen molar-refractivity contribution in [2.24, 2.45) is 5.11 Å². The molecule has 10 heavy (non-hydrogen) atoms. The van der Waals surface area contributed by atoms with Crippen molar-refractivity contribution in [2.75, 3.05) is 6.61 Å². The van der Waals surface area contributed by atoms with Gasteiger partial charge in [0.1, 0.15) is 12.1 Å². The second kappa shape index (κ2) is 3.54. The zero-order valence-corrected chi connectivity index (χ0v) is 5.20. The van der Waals surface area contributed by atoms with Crippen LogP contribution in [-0.2, 0) is 0 Å². The van der Waals surface area contributed by atoms with E-state index in [4.69, 9.17) is 21.2 Å². The molecule has 0 spiro atoms. The van der Waals surface area contributed by atoms with Gasteiger partial charge in [-0.05, 0) is 0 Å². The quantitative estimate of drug-likeness (QED) is 0.543. The minimum atomic E-state index is -1.67. The molecule has 5 heteroatoms. The fourth-order valence-corrected chi connectivity index (χ4v) is 0.405. The van der Waals surface area contributed by atoms with Crippen molar-refractivity contribution in [3.05, 3.63) is 0 Å². The van der Waals surface area contributed by atoms with Crippen LogP contribution in [0.5, 0.6) is 0 Å². The molecule has 0 amide bonds. The monoisotopic (exact) mass is 138 g/mol. The van der Waals surface area contributed by atoms with E-state index in [-0.39, 0.29) is 13.0 Å². The summed E-state index contributed by atoms with van der Waals surface area (Å²) < 4.78 is 0. The van der Waals surface area contributed by atoms with Crippen LogP contribution < -0.4 is 0 Å². The van der Waals surface area contributed by atoms with Crippen LogP contribution >= 0.6 is 0 Å². The predicted molar refractivity (Wildman–Crippen MR) is 30.8 cm³/mol. The molecule has 0 aliphatic rings. The largest absolute Gasteiger partial charge is 0.396 e. The summed E-state index contributed by atoms with van der Waals surface area (Å²) in [6.07, 6.45) is -0.108. The van der Waals surface area contributed by atoms with Crippen LogP contribution in [0.3, 0.4) is 0 Å². The van der Waals surface area contributed by atoms with Gasteiger partial charge in [-0.1, -0.05) is 0 Å². The number of rotatable bonds is 3. The molecule has 0 radical (unpaired) electrons. The summed E-state index contributed by atoms with van der Waals surface area (Å²) in [4.78, 5) is 0. The first-order valence-electron chi connectivity index (χ1n) is 2.56. The fraction of sp³-hybridized carbons (Fsp3) is 0.600. The second-order valence-electron chi connectivity index (χ2n) is 1.67. The highest BCUT2D eigenvalue weighted by Gasteiger charge is 2.28. The molecular formula is C5H6N4O. The molecule has 0 saturated heterocycles. The van der Waals surface area contributed by atoms with Gasteiger partial charge in [0.15, 0.2) is 0 Å². The SMILES string of the molecule is N#CC(C#N)(CCO)N=N. The van der Waals surface area contributed by atoms with Gasteiger partial charge in [0.2, 0.25) is 0 Å². The Kier molecular flexibility index (Phi) is 3.03. The lowest BCUT2D eigenvalue weighted by molar-refractivity contribution is 0.271. The second-order valence-corrected chi connectivity index (χ2v) is 1.67. The summed E-state index contributed by atoms with van der Waals surface area (Å²) in [6, 6.07) is 3.08. The molecule has 0 atom stereocenters. The molecule has 0 aromatic carbocycles. The number of nitrogens with one attached hydrogen (secondary N) is 1. The van der Waals surface area contributed by atoms with Crippen molar-refractivity contribution < 1.29 is 5.11 Å².